The summed E-state index contributed by atoms with van der Waals surface area (Å²) in [7, 11) is 2.90. The summed E-state index contributed by atoms with van der Waals surface area (Å²) in [5.41, 5.74) is 0. The first-order chi connectivity index (χ1) is 11.6. The quantitative estimate of drug-likeness (QED) is 0.300. The first-order valence-corrected chi connectivity index (χ1v) is 9.76. The predicted octanol–water partition coefficient (Wildman–Crippen LogP) is 5.29. The lowest BCUT2D eigenvalue weighted by molar-refractivity contribution is -0.149. The number of rotatable bonds is 15. The van der Waals surface area contributed by atoms with Gasteiger partial charge in [0.05, 0.1) is 26.1 Å². The molecule has 0 bridgehead atoms. The van der Waals surface area contributed by atoms with E-state index >= 15 is 0 Å². The van der Waals surface area contributed by atoms with E-state index in [1.165, 1.54) is 39.9 Å². The van der Waals surface area contributed by atoms with Crippen LogP contribution < -0.4 is 0 Å². The molecule has 142 valence electrons. The van der Waals surface area contributed by atoms with E-state index in [1.807, 2.05) is 0 Å². The van der Waals surface area contributed by atoms with Crippen LogP contribution in [0.15, 0.2) is 0 Å². The Morgan fingerprint density at radius 1 is 0.625 bits per heavy atom. The number of hydrogen-bond donors (Lipinski definition) is 0. The highest BCUT2D eigenvalue weighted by molar-refractivity contribution is 5.73. The van der Waals surface area contributed by atoms with Gasteiger partial charge in [0.15, 0.2) is 0 Å². The van der Waals surface area contributed by atoms with Gasteiger partial charge in [-0.25, -0.2) is 0 Å². The second-order valence-corrected chi connectivity index (χ2v) is 6.72. The zero-order valence-electron chi connectivity index (χ0n) is 16.3. The van der Waals surface area contributed by atoms with Gasteiger partial charge >= 0.3 is 11.9 Å². The van der Waals surface area contributed by atoms with Gasteiger partial charge in [0.25, 0.3) is 0 Å². The van der Waals surface area contributed by atoms with Crippen LogP contribution in [0.3, 0.4) is 0 Å². The molecule has 0 aliphatic heterocycles. The maximum atomic E-state index is 12.0. The largest absolute Gasteiger partial charge is 0.469 e. The van der Waals surface area contributed by atoms with E-state index in [-0.39, 0.29) is 23.8 Å². The highest BCUT2D eigenvalue weighted by atomic mass is 16.5. The van der Waals surface area contributed by atoms with Crippen molar-refractivity contribution in [2.75, 3.05) is 14.2 Å². The predicted molar refractivity (Wildman–Crippen MR) is 97.8 cm³/mol. The van der Waals surface area contributed by atoms with Gasteiger partial charge in [-0.15, -0.1) is 0 Å². The third-order valence-corrected chi connectivity index (χ3v) is 4.74. The Labute approximate surface area is 148 Å². The molecule has 0 fully saturated rings. The van der Waals surface area contributed by atoms with Gasteiger partial charge in [-0.05, 0) is 25.7 Å². The second kappa shape index (κ2) is 15.5. The fraction of sp³-hybridized carbons (Fsp3) is 0.900. The summed E-state index contributed by atoms with van der Waals surface area (Å²) in [6, 6.07) is 0. The van der Waals surface area contributed by atoms with Crippen molar-refractivity contribution in [1.82, 2.24) is 0 Å². The summed E-state index contributed by atoms with van der Waals surface area (Å²) in [6.07, 6.45) is 12.3. The average molecular weight is 343 g/mol. The number of esters is 2. The van der Waals surface area contributed by atoms with Gasteiger partial charge in [-0.2, -0.15) is 0 Å². The summed E-state index contributed by atoms with van der Waals surface area (Å²) in [6.45, 7) is 4.36. The summed E-state index contributed by atoms with van der Waals surface area (Å²) in [5, 5.41) is 0. The van der Waals surface area contributed by atoms with Crippen molar-refractivity contribution < 1.29 is 19.1 Å². The van der Waals surface area contributed by atoms with E-state index in [2.05, 4.69) is 13.8 Å². The van der Waals surface area contributed by atoms with Crippen LogP contribution in [0.4, 0.5) is 0 Å². The molecule has 24 heavy (non-hydrogen) atoms. The first-order valence-electron chi connectivity index (χ1n) is 9.76. The molecule has 2 unspecified atom stereocenters. The van der Waals surface area contributed by atoms with Crippen LogP contribution >= 0.6 is 0 Å². The Morgan fingerprint density at radius 2 is 1.00 bits per heavy atom. The molecule has 0 aromatic rings. The van der Waals surface area contributed by atoms with Crippen molar-refractivity contribution >= 4 is 11.9 Å². The minimum atomic E-state index is -0.138. The number of methoxy groups -OCH3 is 2. The highest BCUT2D eigenvalue weighted by Gasteiger charge is 2.24. The van der Waals surface area contributed by atoms with E-state index < -0.39 is 0 Å². The van der Waals surface area contributed by atoms with Crippen molar-refractivity contribution in [2.45, 2.75) is 90.9 Å². The molecular formula is C20H38O4. The molecule has 0 aromatic carbocycles. The maximum Gasteiger partial charge on any atom is 0.308 e. The summed E-state index contributed by atoms with van der Waals surface area (Å²) in [5.74, 6) is -0.452. The summed E-state index contributed by atoms with van der Waals surface area (Å²) in [4.78, 5) is 24.0. The van der Waals surface area contributed by atoms with Crippen LogP contribution in [0.1, 0.15) is 90.9 Å². The third kappa shape index (κ3) is 10.7. The Bertz CT molecular complexity index is 296. The van der Waals surface area contributed by atoms with Crippen molar-refractivity contribution in [3.05, 3.63) is 0 Å². The highest BCUT2D eigenvalue weighted by Crippen LogP contribution is 2.24. The number of unbranched alkanes of at least 4 members (excludes halogenated alkanes) is 6. The van der Waals surface area contributed by atoms with Crippen molar-refractivity contribution in [1.29, 1.82) is 0 Å². The molecule has 0 saturated carbocycles. The topological polar surface area (TPSA) is 52.6 Å². The molecule has 2 atom stereocenters. The molecular weight excluding hydrogens is 304 g/mol. The van der Waals surface area contributed by atoms with E-state index in [0.717, 1.165) is 38.5 Å². The van der Waals surface area contributed by atoms with Crippen molar-refractivity contribution in [3.8, 4) is 0 Å². The molecule has 0 rings (SSSR count). The molecule has 4 heteroatoms. The van der Waals surface area contributed by atoms with Crippen molar-refractivity contribution in [2.24, 2.45) is 11.8 Å². The lowest BCUT2D eigenvalue weighted by atomic mass is 9.89. The molecule has 0 N–H and O–H groups in total. The number of carbonyl (C=O) groups excluding carboxylic acids is 2. The Balaban J connectivity index is 4.42. The Kier molecular flexibility index (Phi) is 14.8. The minimum Gasteiger partial charge on any atom is -0.469 e. The molecule has 0 radical (unpaired) electrons. The standard InChI is InChI=1S/C20H38O4/c1-5-7-9-11-13-17(19(21)23-3)15-16-18(20(22)24-4)14-12-10-8-6-2/h17-18H,5-16H2,1-4H3. The fourth-order valence-corrected chi connectivity index (χ4v) is 3.13. The summed E-state index contributed by atoms with van der Waals surface area (Å²) < 4.78 is 9.89. The van der Waals surface area contributed by atoms with Gasteiger partial charge in [0.1, 0.15) is 0 Å². The third-order valence-electron chi connectivity index (χ3n) is 4.74. The summed E-state index contributed by atoms with van der Waals surface area (Å²) >= 11 is 0. The SMILES string of the molecule is CCCCCCC(CCC(CCCCCC)C(=O)OC)C(=O)OC. The number of hydrogen-bond acceptors (Lipinski definition) is 4. The molecule has 0 amide bonds. The van der Waals surface area contributed by atoms with E-state index in [4.69, 9.17) is 9.47 Å². The van der Waals surface area contributed by atoms with Crippen LogP contribution in [-0.2, 0) is 19.1 Å². The molecule has 0 aliphatic carbocycles. The molecule has 0 spiro atoms. The number of carbonyl (C=O) groups is 2. The number of ether oxygens (including phenoxy) is 2. The second-order valence-electron chi connectivity index (χ2n) is 6.72. The molecule has 0 aromatic heterocycles. The van der Waals surface area contributed by atoms with Crippen LogP contribution in [-0.4, -0.2) is 26.2 Å². The van der Waals surface area contributed by atoms with Crippen LogP contribution in [0.5, 0.6) is 0 Å². The van der Waals surface area contributed by atoms with Crippen LogP contribution in [0.25, 0.3) is 0 Å². The van der Waals surface area contributed by atoms with Crippen LogP contribution in [0.2, 0.25) is 0 Å². The molecule has 0 aliphatic rings. The van der Waals surface area contributed by atoms with Gasteiger partial charge in [0, 0.05) is 0 Å². The van der Waals surface area contributed by atoms with E-state index in [1.54, 1.807) is 0 Å². The van der Waals surface area contributed by atoms with E-state index in [9.17, 15) is 9.59 Å². The Hall–Kier alpha value is -1.06. The smallest absolute Gasteiger partial charge is 0.308 e. The zero-order valence-corrected chi connectivity index (χ0v) is 16.3. The van der Waals surface area contributed by atoms with E-state index in [0.29, 0.717) is 12.8 Å². The normalized spacial score (nSPS) is 13.3. The maximum absolute atomic E-state index is 12.0. The van der Waals surface area contributed by atoms with Gasteiger partial charge < -0.3 is 9.47 Å². The van der Waals surface area contributed by atoms with Crippen molar-refractivity contribution in [3.63, 3.8) is 0 Å². The van der Waals surface area contributed by atoms with Gasteiger partial charge in [0.2, 0.25) is 0 Å². The van der Waals surface area contributed by atoms with Gasteiger partial charge in [-0.1, -0.05) is 65.2 Å². The molecule has 0 heterocycles. The average Bonchev–Trinajstić information content (AvgIpc) is 2.61. The minimum absolute atomic E-state index is 0.0883. The Morgan fingerprint density at radius 3 is 1.29 bits per heavy atom. The van der Waals surface area contributed by atoms with Gasteiger partial charge in [-0.3, -0.25) is 9.59 Å². The first kappa shape index (κ1) is 22.9. The van der Waals surface area contributed by atoms with Crippen LogP contribution in [0, 0.1) is 11.8 Å². The lowest BCUT2D eigenvalue weighted by Crippen LogP contribution is -2.21. The monoisotopic (exact) mass is 342 g/mol. The zero-order chi connectivity index (χ0) is 18.2. The molecule has 0 saturated heterocycles. The molecule has 4 nitrogen and oxygen atoms in total. The lowest BCUT2D eigenvalue weighted by Gasteiger charge is -2.19. The fourth-order valence-electron chi connectivity index (χ4n) is 3.13.